The number of halogens is 1. The molecule has 7 nitrogen and oxygen atoms in total. The zero-order valence-corrected chi connectivity index (χ0v) is 15.8. The van der Waals surface area contributed by atoms with Crippen LogP contribution < -0.4 is 16.0 Å². The van der Waals surface area contributed by atoms with Crippen LogP contribution in [-0.2, 0) is 20.6 Å². The minimum absolute atomic E-state index is 0.154. The van der Waals surface area contributed by atoms with Crippen LogP contribution in [0, 0.1) is 0 Å². The fourth-order valence-electron chi connectivity index (χ4n) is 2.73. The van der Waals surface area contributed by atoms with E-state index in [0.717, 1.165) is 20.8 Å². The van der Waals surface area contributed by atoms with Gasteiger partial charge in [-0.1, -0.05) is 6.07 Å². The van der Waals surface area contributed by atoms with Gasteiger partial charge >= 0.3 is 5.69 Å². The van der Waals surface area contributed by atoms with E-state index in [9.17, 15) is 9.59 Å². The molecule has 0 saturated carbocycles. The molecule has 0 spiro atoms. The van der Waals surface area contributed by atoms with E-state index in [1.165, 1.54) is 11.6 Å². The number of hydrogen-bond acceptors (Lipinski definition) is 5. The first kappa shape index (κ1) is 17.6. The maximum Gasteiger partial charge on any atom is 0.332 e. The highest BCUT2D eigenvalue weighted by Crippen LogP contribution is 2.29. The van der Waals surface area contributed by atoms with Crippen molar-refractivity contribution in [1.29, 1.82) is 0 Å². The van der Waals surface area contributed by atoms with Crippen molar-refractivity contribution >= 4 is 34.5 Å². The molecule has 0 saturated heterocycles. The molecule has 2 aromatic heterocycles. The molecule has 0 aliphatic rings. The summed E-state index contributed by atoms with van der Waals surface area (Å²) < 4.78 is 9.37. The van der Waals surface area contributed by atoms with Crippen molar-refractivity contribution in [3.63, 3.8) is 0 Å². The normalized spacial score (nSPS) is 11.2. The number of methoxy groups -OCH3 is 1. The van der Waals surface area contributed by atoms with E-state index >= 15 is 0 Å². The minimum atomic E-state index is -0.440. The molecule has 2 heterocycles. The van der Waals surface area contributed by atoms with Crippen molar-refractivity contribution in [1.82, 2.24) is 18.7 Å². The van der Waals surface area contributed by atoms with Gasteiger partial charge < -0.3 is 9.30 Å². The van der Waals surface area contributed by atoms with E-state index < -0.39 is 11.2 Å². The minimum Gasteiger partial charge on any atom is -0.496 e. The van der Waals surface area contributed by atoms with Crippen LogP contribution in [0.4, 0.5) is 0 Å². The predicted molar refractivity (Wildman–Crippen MR) is 99.1 cm³/mol. The van der Waals surface area contributed by atoms with Gasteiger partial charge in [-0.3, -0.25) is 13.9 Å². The van der Waals surface area contributed by atoms with E-state index in [-0.39, 0.29) is 10.9 Å². The Morgan fingerprint density at radius 1 is 1.24 bits per heavy atom. The number of imidazole rings is 1. The molecule has 0 bridgehead atoms. The highest BCUT2D eigenvalue weighted by molar-refractivity contribution is 7.98. The standard InChI is InChI=1S/C16H17ClN4O3S/c1-19-13-12(14(22)20(2)16(19)23)21(15(17)18-13)8-9-5-6-11(25-4)10(7-9)24-3/h5-7H,8H2,1-4H3. The van der Waals surface area contributed by atoms with Crippen LogP contribution in [0.1, 0.15) is 5.56 Å². The Morgan fingerprint density at radius 2 is 1.96 bits per heavy atom. The van der Waals surface area contributed by atoms with Crippen LogP contribution >= 0.6 is 23.4 Å². The highest BCUT2D eigenvalue weighted by atomic mass is 35.5. The third-order valence-electron chi connectivity index (χ3n) is 4.09. The maximum absolute atomic E-state index is 12.6. The first-order valence-corrected chi connectivity index (χ1v) is 9.02. The molecule has 25 heavy (non-hydrogen) atoms. The average molecular weight is 381 g/mol. The number of aryl methyl sites for hydroxylation is 1. The zero-order chi connectivity index (χ0) is 18.3. The largest absolute Gasteiger partial charge is 0.496 e. The molecular weight excluding hydrogens is 364 g/mol. The van der Waals surface area contributed by atoms with Crippen molar-refractivity contribution in [2.24, 2.45) is 14.1 Å². The van der Waals surface area contributed by atoms with E-state index in [2.05, 4.69) is 4.98 Å². The summed E-state index contributed by atoms with van der Waals surface area (Å²) in [7, 11) is 4.61. The smallest absolute Gasteiger partial charge is 0.332 e. The molecule has 9 heteroatoms. The summed E-state index contributed by atoms with van der Waals surface area (Å²) in [6, 6.07) is 5.81. The number of nitrogens with zero attached hydrogens (tertiary/aromatic N) is 4. The number of hydrogen-bond donors (Lipinski definition) is 0. The van der Waals surface area contributed by atoms with Gasteiger partial charge in [-0.15, -0.1) is 11.8 Å². The fourth-order valence-corrected chi connectivity index (χ4v) is 3.50. The summed E-state index contributed by atoms with van der Waals surface area (Å²) >= 11 is 7.84. The van der Waals surface area contributed by atoms with Crippen molar-refractivity contribution < 1.29 is 4.74 Å². The van der Waals surface area contributed by atoms with E-state index in [1.807, 2.05) is 24.5 Å². The molecule has 0 unspecified atom stereocenters. The molecule has 0 radical (unpaired) electrons. The Kier molecular flexibility index (Phi) is 4.66. The van der Waals surface area contributed by atoms with Crippen molar-refractivity contribution in [3.8, 4) is 5.75 Å². The molecule has 1 aromatic carbocycles. The number of thioether (sulfide) groups is 1. The fraction of sp³-hybridized carbons (Fsp3) is 0.312. The Morgan fingerprint density at radius 3 is 2.60 bits per heavy atom. The van der Waals surface area contributed by atoms with Crippen LogP contribution in [0.15, 0.2) is 32.7 Å². The monoisotopic (exact) mass is 380 g/mol. The molecule has 3 rings (SSSR count). The highest BCUT2D eigenvalue weighted by Gasteiger charge is 2.18. The number of benzene rings is 1. The molecule has 3 aromatic rings. The van der Waals surface area contributed by atoms with Gasteiger partial charge in [0.2, 0.25) is 5.28 Å². The molecule has 132 valence electrons. The molecular formula is C16H17ClN4O3S. The number of fused-ring (bicyclic) bond motifs is 1. The summed E-state index contributed by atoms with van der Waals surface area (Å²) in [5.74, 6) is 0.755. The molecule has 0 atom stereocenters. The van der Waals surface area contributed by atoms with Crippen LogP contribution in [0.2, 0.25) is 5.28 Å². The van der Waals surface area contributed by atoms with Crippen molar-refractivity contribution in [2.45, 2.75) is 11.4 Å². The Balaban J connectivity index is 2.19. The van der Waals surface area contributed by atoms with Gasteiger partial charge in [0.15, 0.2) is 11.2 Å². The van der Waals surface area contributed by atoms with Gasteiger partial charge in [0.1, 0.15) is 5.75 Å². The van der Waals surface area contributed by atoms with Crippen LogP contribution in [-0.4, -0.2) is 32.1 Å². The Labute approximate surface area is 152 Å². The van der Waals surface area contributed by atoms with Crippen molar-refractivity contribution in [3.05, 3.63) is 49.9 Å². The number of rotatable bonds is 4. The molecule has 0 aliphatic heterocycles. The van der Waals surface area contributed by atoms with Crippen LogP contribution in [0.3, 0.4) is 0 Å². The molecule has 0 amide bonds. The maximum atomic E-state index is 12.6. The average Bonchev–Trinajstić information content (AvgIpc) is 2.94. The quantitative estimate of drug-likeness (QED) is 0.510. The SMILES string of the molecule is COc1cc(Cn2c(Cl)nc3c2c(=O)n(C)c(=O)n3C)ccc1SC. The van der Waals surface area contributed by atoms with Gasteiger partial charge in [-0.2, -0.15) is 4.98 Å². The molecule has 0 N–H and O–H groups in total. The predicted octanol–water partition coefficient (Wildman–Crippen LogP) is 1.87. The summed E-state index contributed by atoms with van der Waals surface area (Å²) in [6.45, 7) is 0.341. The lowest BCUT2D eigenvalue weighted by Gasteiger charge is -2.11. The second kappa shape index (κ2) is 6.61. The zero-order valence-electron chi connectivity index (χ0n) is 14.2. The first-order valence-electron chi connectivity index (χ1n) is 7.41. The summed E-state index contributed by atoms with van der Waals surface area (Å²) in [6.07, 6.45) is 1.97. The second-order valence-corrected chi connectivity index (χ2v) is 6.72. The topological polar surface area (TPSA) is 71.1 Å². The van der Waals surface area contributed by atoms with E-state index in [1.54, 1.807) is 30.5 Å². The third kappa shape index (κ3) is 2.85. The van der Waals surface area contributed by atoms with Crippen LogP contribution in [0.25, 0.3) is 11.2 Å². The molecule has 0 fully saturated rings. The second-order valence-electron chi connectivity index (χ2n) is 5.53. The van der Waals surface area contributed by atoms with E-state index in [0.29, 0.717) is 12.1 Å². The number of ether oxygens (including phenoxy) is 1. The summed E-state index contributed by atoms with van der Waals surface area (Å²) in [5, 5.41) is 0.154. The third-order valence-corrected chi connectivity index (χ3v) is 5.16. The summed E-state index contributed by atoms with van der Waals surface area (Å²) in [4.78, 5) is 29.8. The Hall–Kier alpha value is -2.19. The lowest BCUT2D eigenvalue weighted by Crippen LogP contribution is -2.37. The summed E-state index contributed by atoms with van der Waals surface area (Å²) in [5.41, 5.74) is 0.607. The Bertz CT molecular complexity index is 1080. The van der Waals surface area contributed by atoms with Crippen molar-refractivity contribution in [2.75, 3.05) is 13.4 Å². The van der Waals surface area contributed by atoms with Gasteiger partial charge in [-0.05, 0) is 35.6 Å². The van der Waals surface area contributed by atoms with Gasteiger partial charge in [0.25, 0.3) is 5.56 Å². The van der Waals surface area contributed by atoms with Gasteiger partial charge in [0.05, 0.1) is 13.7 Å². The number of aromatic nitrogens is 4. The molecule has 0 aliphatic carbocycles. The lowest BCUT2D eigenvalue weighted by molar-refractivity contribution is 0.404. The van der Waals surface area contributed by atoms with E-state index in [4.69, 9.17) is 16.3 Å². The van der Waals surface area contributed by atoms with Gasteiger partial charge in [-0.25, -0.2) is 4.79 Å². The van der Waals surface area contributed by atoms with Gasteiger partial charge in [0, 0.05) is 19.0 Å². The lowest BCUT2D eigenvalue weighted by atomic mass is 10.2. The first-order chi connectivity index (χ1) is 11.9. The van der Waals surface area contributed by atoms with Crippen LogP contribution in [0.5, 0.6) is 5.75 Å².